The van der Waals surface area contributed by atoms with Gasteiger partial charge in [0.05, 0.1) is 11.3 Å². The number of nitrogens with zero attached hydrogens (tertiary/aromatic N) is 3. The third kappa shape index (κ3) is 7.00. The Balaban J connectivity index is 1.98. The van der Waals surface area contributed by atoms with Gasteiger partial charge in [0.25, 0.3) is 0 Å². The zero-order chi connectivity index (χ0) is 21.2. The van der Waals surface area contributed by atoms with Crippen LogP contribution in [0.5, 0.6) is 5.75 Å². The van der Waals surface area contributed by atoms with Gasteiger partial charge in [-0.2, -0.15) is 5.11 Å². The molecule has 29 heavy (non-hydrogen) atoms. The monoisotopic (exact) mass is 398 g/mol. The second-order valence-electron chi connectivity index (χ2n) is 6.29. The molecule has 0 spiro atoms. The largest absolute Gasteiger partial charge is 0.506 e. The van der Waals surface area contributed by atoms with Crippen LogP contribution in [-0.4, -0.2) is 48.1 Å². The van der Waals surface area contributed by atoms with Gasteiger partial charge >= 0.3 is 5.97 Å². The standard InChI is InChI=1S/C21H26N4O4/c1-4-25(5-2)12-13-29-21(28)16-6-8-17(9-7-16)23-24-19-14-18(22-15(3)26)10-11-20(19)27/h6-11,14,27H,4-5,12-13H2,1-3H3,(H,22,26). The van der Waals surface area contributed by atoms with Crippen LogP contribution in [0.4, 0.5) is 17.1 Å². The summed E-state index contributed by atoms with van der Waals surface area (Å²) in [6.07, 6.45) is 0. The number of benzene rings is 2. The number of nitrogens with one attached hydrogen (secondary N) is 1. The molecule has 2 N–H and O–H groups in total. The molecule has 8 nitrogen and oxygen atoms in total. The van der Waals surface area contributed by atoms with E-state index in [0.717, 1.165) is 13.1 Å². The Morgan fingerprint density at radius 1 is 1.07 bits per heavy atom. The number of carbonyl (C=O) groups excluding carboxylic acids is 2. The molecular formula is C21H26N4O4. The Bertz CT molecular complexity index is 861. The number of hydrogen-bond donors (Lipinski definition) is 2. The Morgan fingerprint density at radius 2 is 1.76 bits per heavy atom. The lowest BCUT2D eigenvalue weighted by molar-refractivity contribution is -0.114. The van der Waals surface area contributed by atoms with E-state index < -0.39 is 0 Å². The Labute approximate surface area is 170 Å². The number of phenols is 1. The highest BCUT2D eigenvalue weighted by atomic mass is 16.5. The zero-order valence-electron chi connectivity index (χ0n) is 16.9. The number of hydrogen-bond acceptors (Lipinski definition) is 7. The predicted molar refractivity (Wildman–Crippen MR) is 111 cm³/mol. The van der Waals surface area contributed by atoms with Gasteiger partial charge in [-0.3, -0.25) is 4.79 Å². The summed E-state index contributed by atoms with van der Waals surface area (Å²) >= 11 is 0. The molecule has 2 aromatic rings. The number of amides is 1. The number of anilines is 1. The highest BCUT2D eigenvalue weighted by Gasteiger charge is 2.08. The summed E-state index contributed by atoms with van der Waals surface area (Å²) in [5, 5.41) is 20.6. The molecule has 2 aromatic carbocycles. The van der Waals surface area contributed by atoms with Crippen LogP contribution in [0.25, 0.3) is 0 Å². The zero-order valence-corrected chi connectivity index (χ0v) is 16.9. The second-order valence-corrected chi connectivity index (χ2v) is 6.29. The van der Waals surface area contributed by atoms with E-state index in [2.05, 4.69) is 34.3 Å². The van der Waals surface area contributed by atoms with E-state index in [1.54, 1.807) is 30.3 Å². The van der Waals surface area contributed by atoms with Crippen molar-refractivity contribution in [3.05, 3.63) is 48.0 Å². The molecule has 0 bridgehead atoms. The minimum absolute atomic E-state index is 0.0590. The number of azo groups is 1. The van der Waals surface area contributed by atoms with Crippen molar-refractivity contribution in [1.29, 1.82) is 0 Å². The topological polar surface area (TPSA) is 104 Å². The highest BCUT2D eigenvalue weighted by molar-refractivity contribution is 5.90. The number of esters is 1. The van der Waals surface area contributed by atoms with Crippen LogP contribution in [0.15, 0.2) is 52.7 Å². The quantitative estimate of drug-likeness (QED) is 0.373. The molecule has 0 saturated heterocycles. The molecule has 0 heterocycles. The smallest absolute Gasteiger partial charge is 0.338 e. The number of ether oxygens (including phenoxy) is 1. The van der Waals surface area contributed by atoms with Crippen molar-refractivity contribution >= 4 is 28.9 Å². The maximum absolute atomic E-state index is 12.1. The van der Waals surface area contributed by atoms with Crippen molar-refractivity contribution in [2.24, 2.45) is 10.2 Å². The Morgan fingerprint density at radius 3 is 2.38 bits per heavy atom. The van der Waals surface area contributed by atoms with Gasteiger partial charge in [0.2, 0.25) is 5.91 Å². The summed E-state index contributed by atoms with van der Waals surface area (Å²) in [4.78, 5) is 25.4. The third-order valence-corrected chi connectivity index (χ3v) is 4.21. The van der Waals surface area contributed by atoms with E-state index >= 15 is 0 Å². The molecule has 0 aliphatic heterocycles. The minimum Gasteiger partial charge on any atom is -0.506 e. The lowest BCUT2D eigenvalue weighted by atomic mass is 10.2. The molecule has 0 aromatic heterocycles. The molecule has 0 saturated carbocycles. The van der Waals surface area contributed by atoms with E-state index in [0.29, 0.717) is 30.1 Å². The summed E-state index contributed by atoms with van der Waals surface area (Å²) in [6.45, 7) is 8.39. The first-order chi connectivity index (χ1) is 13.9. The fourth-order valence-electron chi connectivity index (χ4n) is 2.55. The van der Waals surface area contributed by atoms with Gasteiger partial charge in [-0.15, -0.1) is 5.11 Å². The maximum Gasteiger partial charge on any atom is 0.338 e. The van der Waals surface area contributed by atoms with E-state index in [9.17, 15) is 14.7 Å². The van der Waals surface area contributed by atoms with Crippen LogP contribution in [0.2, 0.25) is 0 Å². The summed E-state index contributed by atoms with van der Waals surface area (Å²) in [6, 6.07) is 11.0. The maximum atomic E-state index is 12.1. The number of likely N-dealkylation sites (N-methyl/N-ethyl adjacent to an activating group) is 1. The lowest BCUT2D eigenvalue weighted by Crippen LogP contribution is -2.27. The summed E-state index contributed by atoms with van der Waals surface area (Å²) < 4.78 is 5.29. The molecule has 0 atom stereocenters. The van der Waals surface area contributed by atoms with Gasteiger partial charge in [0.1, 0.15) is 18.0 Å². The van der Waals surface area contributed by atoms with Crippen molar-refractivity contribution in [1.82, 2.24) is 4.90 Å². The molecule has 154 valence electrons. The molecular weight excluding hydrogens is 372 g/mol. The van der Waals surface area contributed by atoms with Gasteiger partial charge in [-0.05, 0) is 55.6 Å². The van der Waals surface area contributed by atoms with Crippen LogP contribution in [0.1, 0.15) is 31.1 Å². The van der Waals surface area contributed by atoms with Crippen LogP contribution in [0.3, 0.4) is 0 Å². The van der Waals surface area contributed by atoms with Crippen molar-refractivity contribution in [2.45, 2.75) is 20.8 Å². The first-order valence-electron chi connectivity index (χ1n) is 9.44. The van der Waals surface area contributed by atoms with Crippen molar-refractivity contribution in [3.63, 3.8) is 0 Å². The van der Waals surface area contributed by atoms with E-state index in [1.807, 2.05) is 0 Å². The van der Waals surface area contributed by atoms with Crippen LogP contribution in [-0.2, 0) is 9.53 Å². The normalized spacial score (nSPS) is 11.0. The lowest BCUT2D eigenvalue weighted by Gasteiger charge is -2.17. The van der Waals surface area contributed by atoms with Crippen LogP contribution in [0, 0.1) is 0 Å². The highest BCUT2D eigenvalue weighted by Crippen LogP contribution is 2.31. The van der Waals surface area contributed by atoms with Crippen molar-refractivity contribution in [3.8, 4) is 5.75 Å². The van der Waals surface area contributed by atoms with E-state index in [1.165, 1.54) is 19.1 Å². The molecule has 1 amide bonds. The fraction of sp³-hybridized carbons (Fsp3) is 0.333. The van der Waals surface area contributed by atoms with E-state index in [-0.39, 0.29) is 23.3 Å². The minimum atomic E-state index is -0.388. The Hall–Kier alpha value is -3.26. The van der Waals surface area contributed by atoms with Gasteiger partial charge in [-0.1, -0.05) is 13.8 Å². The Kier molecular flexibility index (Phi) is 8.29. The van der Waals surface area contributed by atoms with Crippen LogP contribution >= 0.6 is 0 Å². The molecule has 8 heteroatoms. The van der Waals surface area contributed by atoms with Gasteiger partial charge in [0, 0.05) is 19.2 Å². The average molecular weight is 398 g/mol. The first kappa shape index (κ1) is 22.0. The van der Waals surface area contributed by atoms with Gasteiger partial charge in [-0.25, -0.2) is 4.79 Å². The molecule has 0 radical (unpaired) electrons. The van der Waals surface area contributed by atoms with Crippen molar-refractivity contribution in [2.75, 3.05) is 31.6 Å². The van der Waals surface area contributed by atoms with Gasteiger partial charge < -0.3 is 20.1 Å². The SMILES string of the molecule is CCN(CC)CCOC(=O)c1ccc(N=Nc2cc(NC(C)=O)ccc2O)cc1. The predicted octanol–water partition coefficient (Wildman–Crippen LogP) is 4.26. The third-order valence-electron chi connectivity index (χ3n) is 4.21. The van der Waals surface area contributed by atoms with Crippen LogP contribution < -0.4 is 5.32 Å². The number of aromatic hydroxyl groups is 1. The fourth-order valence-corrected chi connectivity index (χ4v) is 2.55. The number of carbonyl (C=O) groups is 2. The second kappa shape index (κ2) is 10.9. The number of rotatable bonds is 9. The average Bonchev–Trinajstić information content (AvgIpc) is 2.71. The summed E-state index contributed by atoms with van der Waals surface area (Å²) in [5.74, 6) is -0.671. The van der Waals surface area contributed by atoms with Gasteiger partial charge in [0.15, 0.2) is 0 Å². The first-order valence-corrected chi connectivity index (χ1v) is 9.44. The molecule has 0 unspecified atom stereocenters. The number of phenolic OH excluding ortho intramolecular Hbond substituents is 1. The molecule has 0 fully saturated rings. The molecule has 0 aliphatic rings. The summed E-state index contributed by atoms with van der Waals surface area (Å²) in [5.41, 5.74) is 1.66. The molecule has 0 aliphatic carbocycles. The van der Waals surface area contributed by atoms with E-state index in [4.69, 9.17) is 4.74 Å². The molecule has 2 rings (SSSR count). The summed E-state index contributed by atoms with van der Waals surface area (Å²) in [7, 11) is 0. The van der Waals surface area contributed by atoms with Crippen molar-refractivity contribution < 1.29 is 19.4 Å².